The van der Waals surface area contributed by atoms with E-state index in [1.54, 1.807) is 24.3 Å². The van der Waals surface area contributed by atoms with E-state index in [1.165, 1.54) is 12.1 Å². The minimum Gasteiger partial charge on any atom is -0.484 e. The highest BCUT2D eigenvalue weighted by Gasteiger charge is 2.21. The van der Waals surface area contributed by atoms with Crippen LogP contribution in [0.25, 0.3) is 0 Å². The van der Waals surface area contributed by atoms with Crippen molar-refractivity contribution in [3.05, 3.63) is 57.6 Å². The molecule has 0 saturated heterocycles. The number of halogens is 1. The molecule has 138 valence electrons. The Morgan fingerprint density at radius 1 is 1.23 bits per heavy atom. The second-order valence-electron chi connectivity index (χ2n) is 5.40. The van der Waals surface area contributed by atoms with Gasteiger partial charge in [0.05, 0.1) is 15.6 Å². The molecule has 0 bridgehead atoms. The number of para-hydroxylation sites is 1. The summed E-state index contributed by atoms with van der Waals surface area (Å²) in [6.45, 7) is 4.77. The normalized spacial score (nSPS) is 10.3. The van der Waals surface area contributed by atoms with Gasteiger partial charge in [0.1, 0.15) is 11.4 Å². The van der Waals surface area contributed by atoms with Crippen LogP contribution in [0.3, 0.4) is 0 Å². The number of hydrogen-bond donors (Lipinski definition) is 1. The summed E-state index contributed by atoms with van der Waals surface area (Å²) in [7, 11) is 0. The molecule has 7 nitrogen and oxygen atoms in total. The first-order valence-corrected chi connectivity index (χ1v) is 8.54. The number of hydrogen-bond acceptors (Lipinski definition) is 5. The van der Waals surface area contributed by atoms with Gasteiger partial charge in [-0.25, -0.2) is 0 Å². The van der Waals surface area contributed by atoms with Crippen molar-refractivity contribution in [2.75, 3.05) is 29.9 Å². The molecule has 0 aromatic heterocycles. The Bertz CT molecular complexity index is 780. The van der Waals surface area contributed by atoms with Gasteiger partial charge in [0.2, 0.25) is 0 Å². The van der Waals surface area contributed by atoms with Gasteiger partial charge < -0.3 is 15.0 Å². The predicted molar refractivity (Wildman–Crippen MR) is 102 cm³/mol. The number of nitrogens with one attached hydrogen (secondary N) is 1. The quantitative estimate of drug-likeness (QED) is 0.552. The Hall–Kier alpha value is -2.80. The molecule has 0 saturated carbocycles. The summed E-state index contributed by atoms with van der Waals surface area (Å²) in [5.74, 6) is 0.163. The third kappa shape index (κ3) is 4.86. The standard InChI is InChI=1S/C18H20ClN3O4/c1-3-21(4-2)16-11-15(14(19)10-17(16)22(24)25)20-18(23)12-26-13-8-6-5-7-9-13/h5-11H,3-4,12H2,1-2H3,(H,20,23). The van der Waals surface area contributed by atoms with E-state index in [9.17, 15) is 14.9 Å². The van der Waals surface area contributed by atoms with Crippen molar-refractivity contribution in [3.8, 4) is 5.75 Å². The highest BCUT2D eigenvalue weighted by Crippen LogP contribution is 2.36. The lowest BCUT2D eigenvalue weighted by atomic mass is 10.2. The Morgan fingerprint density at radius 3 is 2.46 bits per heavy atom. The molecular weight excluding hydrogens is 358 g/mol. The second-order valence-corrected chi connectivity index (χ2v) is 5.81. The zero-order valence-electron chi connectivity index (χ0n) is 14.6. The SMILES string of the molecule is CCN(CC)c1cc(NC(=O)COc2ccccc2)c(Cl)cc1[N+](=O)[O-]. The molecule has 0 heterocycles. The summed E-state index contributed by atoms with van der Waals surface area (Å²) < 4.78 is 5.39. The van der Waals surface area contributed by atoms with E-state index in [-0.39, 0.29) is 17.3 Å². The molecule has 0 radical (unpaired) electrons. The minimum atomic E-state index is -0.482. The fourth-order valence-corrected chi connectivity index (χ4v) is 2.67. The maximum absolute atomic E-state index is 12.1. The van der Waals surface area contributed by atoms with Crippen LogP contribution < -0.4 is 15.0 Å². The van der Waals surface area contributed by atoms with Gasteiger partial charge in [0.25, 0.3) is 11.6 Å². The summed E-state index contributed by atoms with van der Waals surface area (Å²) in [6, 6.07) is 11.7. The highest BCUT2D eigenvalue weighted by molar-refractivity contribution is 6.34. The Balaban J connectivity index is 2.18. The largest absolute Gasteiger partial charge is 0.484 e. The van der Waals surface area contributed by atoms with E-state index in [4.69, 9.17) is 16.3 Å². The first-order chi connectivity index (χ1) is 12.5. The van der Waals surface area contributed by atoms with Gasteiger partial charge in [0.15, 0.2) is 6.61 Å². The Morgan fingerprint density at radius 2 is 1.88 bits per heavy atom. The van der Waals surface area contributed by atoms with Crippen molar-refractivity contribution in [2.45, 2.75) is 13.8 Å². The Kier molecular flexibility index (Phi) is 6.80. The summed E-state index contributed by atoms with van der Waals surface area (Å²) in [5, 5.41) is 14.1. The van der Waals surface area contributed by atoms with Gasteiger partial charge >= 0.3 is 0 Å². The molecule has 8 heteroatoms. The number of rotatable bonds is 8. The van der Waals surface area contributed by atoms with Gasteiger partial charge in [0, 0.05) is 19.2 Å². The van der Waals surface area contributed by atoms with E-state index in [1.807, 2.05) is 24.8 Å². The molecule has 0 aliphatic carbocycles. The van der Waals surface area contributed by atoms with Crippen LogP contribution in [0.2, 0.25) is 5.02 Å². The summed E-state index contributed by atoms with van der Waals surface area (Å²) >= 11 is 6.12. The number of ether oxygens (including phenoxy) is 1. The predicted octanol–water partition coefficient (Wildman–Crippen LogP) is 4.11. The second kappa shape index (κ2) is 9.05. The molecule has 26 heavy (non-hydrogen) atoms. The summed E-state index contributed by atoms with van der Waals surface area (Å²) in [6.07, 6.45) is 0. The number of nitrogens with zero attached hydrogens (tertiary/aromatic N) is 2. The number of nitro groups is 1. The van der Waals surface area contributed by atoms with E-state index in [0.29, 0.717) is 30.2 Å². The molecule has 1 amide bonds. The van der Waals surface area contributed by atoms with Crippen LogP contribution in [-0.2, 0) is 4.79 Å². The topological polar surface area (TPSA) is 84.7 Å². The summed E-state index contributed by atoms with van der Waals surface area (Å²) in [4.78, 5) is 24.8. The average Bonchev–Trinajstić information content (AvgIpc) is 2.64. The molecule has 1 N–H and O–H groups in total. The van der Waals surface area contributed by atoms with E-state index in [0.717, 1.165) is 0 Å². The number of carbonyl (C=O) groups excluding carboxylic acids is 1. The van der Waals surface area contributed by atoms with Crippen LogP contribution in [0.5, 0.6) is 5.75 Å². The van der Waals surface area contributed by atoms with E-state index < -0.39 is 10.8 Å². The number of nitro benzene ring substituents is 1. The van der Waals surface area contributed by atoms with Crippen LogP contribution in [0.15, 0.2) is 42.5 Å². The summed E-state index contributed by atoms with van der Waals surface area (Å²) in [5.41, 5.74) is 0.613. The Labute approximate surface area is 156 Å². The lowest BCUT2D eigenvalue weighted by Crippen LogP contribution is -2.24. The maximum Gasteiger partial charge on any atom is 0.294 e. The minimum absolute atomic E-state index is 0.0978. The van der Waals surface area contributed by atoms with Gasteiger partial charge in [-0.1, -0.05) is 29.8 Å². The smallest absolute Gasteiger partial charge is 0.294 e. The number of anilines is 2. The van der Waals surface area contributed by atoms with Crippen molar-refractivity contribution < 1.29 is 14.5 Å². The van der Waals surface area contributed by atoms with Crippen molar-refractivity contribution in [2.24, 2.45) is 0 Å². The van der Waals surface area contributed by atoms with Crippen LogP contribution in [-0.4, -0.2) is 30.5 Å². The fraction of sp³-hybridized carbons (Fsp3) is 0.278. The molecule has 2 aromatic carbocycles. The highest BCUT2D eigenvalue weighted by atomic mass is 35.5. The van der Waals surface area contributed by atoms with Gasteiger partial charge in [-0.2, -0.15) is 0 Å². The molecule has 0 unspecified atom stereocenters. The molecule has 0 aliphatic heterocycles. The van der Waals surface area contributed by atoms with Crippen LogP contribution in [0.1, 0.15) is 13.8 Å². The zero-order valence-corrected chi connectivity index (χ0v) is 15.3. The molecule has 2 rings (SSSR count). The third-order valence-electron chi connectivity index (χ3n) is 3.75. The lowest BCUT2D eigenvalue weighted by Gasteiger charge is -2.22. The van der Waals surface area contributed by atoms with Crippen LogP contribution >= 0.6 is 11.6 Å². The molecule has 0 spiro atoms. The zero-order chi connectivity index (χ0) is 19.1. The average molecular weight is 378 g/mol. The maximum atomic E-state index is 12.1. The van der Waals surface area contributed by atoms with Gasteiger partial charge in [-0.05, 0) is 32.0 Å². The van der Waals surface area contributed by atoms with Gasteiger partial charge in [-0.3, -0.25) is 14.9 Å². The van der Waals surface area contributed by atoms with Crippen LogP contribution in [0.4, 0.5) is 17.1 Å². The molecule has 2 aromatic rings. The first-order valence-electron chi connectivity index (χ1n) is 8.16. The van der Waals surface area contributed by atoms with Gasteiger partial charge in [-0.15, -0.1) is 0 Å². The molecular formula is C18H20ClN3O4. The third-order valence-corrected chi connectivity index (χ3v) is 4.06. The molecule has 0 fully saturated rings. The molecule has 0 aliphatic rings. The fourth-order valence-electron chi connectivity index (χ4n) is 2.46. The van der Waals surface area contributed by atoms with Crippen LogP contribution in [0, 0.1) is 10.1 Å². The number of carbonyl (C=O) groups is 1. The van der Waals surface area contributed by atoms with Crippen molar-refractivity contribution in [1.29, 1.82) is 0 Å². The van der Waals surface area contributed by atoms with E-state index >= 15 is 0 Å². The number of benzene rings is 2. The van der Waals surface area contributed by atoms with E-state index in [2.05, 4.69) is 5.32 Å². The van der Waals surface area contributed by atoms with Crippen molar-refractivity contribution in [1.82, 2.24) is 0 Å². The first kappa shape index (κ1) is 19.5. The monoisotopic (exact) mass is 377 g/mol. The lowest BCUT2D eigenvalue weighted by molar-refractivity contribution is -0.384. The van der Waals surface area contributed by atoms with Crippen molar-refractivity contribution >= 4 is 34.6 Å². The number of amides is 1. The van der Waals surface area contributed by atoms with Crippen molar-refractivity contribution in [3.63, 3.8) is 0 Å². The molecule has 0 atom stereocenters.